The summed E-state index contributed by atoms with van der Waals surface area (Å²) in [6.07, 6.45) is -0.0113. The summed E-state index contributed by atoms with van der Waals surface area (Å²) in [6.45, 7) is 3.74. The normalized spacial score (nSPS) is 14.3. The number of carbonyl (C=O) groups excluding carboxylic acids is 3. The lowest BCUT2D eigenvalue weighted by Crippen LogP contribution is -2.27. The van der Waals surface area contributed by atoms with Crippen molar-refractivity contribution in [1.82, 2.24) is 0 Å². The van der Waals surface area contributed by atoms with Crippen molar-refractivity contribution in [3.05, 3.63) is 118 Å². The number of ketones is 1. The van der Waals surface area contributed by atoms with Gasteiger partial charge in [-0.2, -0.15) is 0 Å². The van der Waals surface area contributed by atoms with E-state index in [0.717, 1.165) is 11.3 Å². The largest absolute Gasteiger partial charge is 0.457 e. The van der Waals surface area contributed by atoms with E-state index in [0.29, 0.717) is 28.5 Å². The van der Waals surface area contributed by atoms with Crippen LogP contribution in [-0.2, 0) is 14.3 Å². The minimum atomic E-state index is -0.691. The van der Waals surface area contributed by atoms with Crippen molar-refractivity contribution in [2.45, 2.75) is 20.3 Å². The number of non-ortho nitro benzene ring substituents is 1. The number of Topliss-reactive ketones (excluding diaryl/α,β-unsaturated/α-hetero) is 1. The predicted molar refractivity (Wildman–Crippen MR) is 158 cm³/mol. The van der Waals surface area contributed by atoms with Crippen molar-refractivity contribution in [3.63, 3.8) is 0 Å². The molecule has 1 atom stereocenters. The summed E-state index contributed by atoms with van der Waals surface area (Å²) < 4.78 is 16.8. The van der Waals surface area contributed by atoms with Gasteiger partial charge in [0, 0.05) is 36.3 Å². The SMILES string of the molecule is Cc1ccc(Oc2ccc(N3C[C@H](C(=O)OCC(=O)c4ccc(Oc5ccc([N+](=O)[O-])cc5)cc4)CC3=O)cc2)cc1C. The maximum atomic E-state index is 12.7. The first kappa shape index (κ1) is 29.0. The molecule has 4 aromatic rings. The third-order valence-corrected chi connectivity index (χ3v) is 7.13. The lowest BCUT2D eigenvalue weighted by atomic mass is 10.1. The van der Waals surface area contributed by atoms with Gasteiger partial charge >= 0.3 is 5.97 Å². The lowest BCUT2D eigenvalue weighted by molar-refractivity contribution is -0.384. The standard InChI is InChI=1S/C33H28N2O8/c1-21-3-10-30(17-22(21)2)43-29-13-6-25(7-14-29)34-19-24(18-32(34)37)33(38)41-20-31(36)23-4-11-27(12-5-23)42-28-15-8-26(9-16-28)35(39)40/h3-17,24H,18-20H2,1-2H3/t24-/m1/s1. The number of nitrogens with zero attached hydrogens (tertiary/aromatic N) is 2. The first-order valence-electron chi connectivity index (χ1n) is 13.5. The van der Waals surface area contributed by atoms with Crippen LogP contribution in [0.3, 0.4) is 0 Å². The topological polar surface area (TPSA) is 125 Å². The highest BCUT2D eigenvalue weighted by Crippen LogP contribution is 2.30. The minimum absolute atomic E-state index is 0.0113. The highest BCUT2D eigenvalue weighted by Gasteiger charge is 2.36. The Labute approximate surface area is 247 Å². The van der Waals surface area contributed by atoms with Crippen LogP contribution in [0.1, 0.15) is 27.9 Å². The molecule has 4 aromatic carbocycles. The number of hydrogen-bond acceptors (Lipinski definition) is 8. The second-order valence-electron chi connectivity index (χ2n) is 10.2. The number of nitro benzene ring substituents is 1. The molecular formula is C33H28N2O8. The van der Waals surface area contributed by atoms with Gasteiger partial charge in [0.25, 0.3) is 5.69 Å². The number of ether oxygens (including phenoxy) is 3. The van der Waals surface area contributed by atoms with Crippen LogP contribution in [0.25, 0.3) is 0 Å². The van der Waals surface area contributed by atoms with Crippen molar-refractivity contribution in [3.8, 4) is 23.0 Å². The van der Waals surface area contributed by atoms with Gasteiger partial charge in [-0.3, -0.25) is 24.5 Å². The molecule has 43 heavy (non-hydrogen) atoms. The molecule has 0 unspecified atom stereocenters. The fourth-order valence-corrected chi connectivity index (χ4v) is 4.54. The van der Waals surface area contributed by atoms with Crippen molar-refractivity contribution in [2.24, 2.45) is 5.92 Å². The summed E-state index contributed by atoms with van der Waals surface area (Å²) in [7, 11) is 0. The van der Waals surface area contributed by atoms with E-state index in [1.807, 2.05) is 32.0 Å². The number of aryl methyl sites for hydroxylation is 2. The Morgan fingerprint density at radius 1 is 0.814 bits per heavy atom. The Bertz CT molecular complexity index is 1670. The second kappa shape index (κ2) is 12.6. The molecule has 1 heterocycles. The van der Waals surface area contributed by atoms with Gasteiger partial charge in [0.15, 0.2) is 12.4 Å². The van der Waals surface area contributed by atoms with Crippen molar-refractivity contribution >= 4 is 29.0 Å². The van der Waals surface area contributed by atoms with E-state index in [2.05, 4.69) is 0 Å². The molecule has 1 fully saturated rings. The molecule has 5 rings (SSSR count). The molecular weight excluding hydrogens is 552 g/mol. The maximum Gasteiger partial charge on any atom is 0.311 e. The predicted octanol–water partition coefficient (Wildman–Crippen LogP) is 6.58. The summed E-state index contributed by atoms with van der Waals surface area (Å²) in [6, 6.07) is 24.7. The van der Waals surface area contributed by atoms with Crippen molar-refractivity contribution in [1.29, 1.82) is 0 Å². The Hall–Kier alpha value is -5.51. The lowest BCUT2D eigenvalue weighted by Gasteiger charge is -2.17. The second-order valence-corrected chi connectivity index (χ2v) is 10.2. The Kier molecular flexibility index (Phi) is 8.47. The number of rotatable bonds is 10. The van der Waals surface area contributed by atoms with E-state index >= 15 is 0 Å². The van der Waals surface area contributed by atoms with Crippen LogP contribution in [0.5, 0.6) is 23.0 Å². The molecule has 218 valence electrons. The van der Waals surface area contributed by atoms with E-state index in [4.69, 9.17) is 14.2 Å². The number of esters is 1. The zero-order valence-corrected chi connectivity index (χ0v) is 23.5. The van der Waals surface area contributed by atoms with Gasteiger partial charge in [0.05, 0.1) is 10.8 Å². The quantitative estimate of drug-likeness (QED) is 0.0892. The average molecular weight is 581 g/mol. The van der Waals surface area contributed by atoms with Crippen LogP contribution in [0.4, 0.5) is 11.4 Å². The number of nitro groups is 1. The molecule has 10 nitrogen and oxygen atoms in total. The maximum absolute atomic E-state index is 12.7. The minimum Gasteiger partial charge on any atom is -0.457 e. The Balaban J connectivity index is 1.11. The van der Waals surface area contributed by atoms with E-state index in [1.54, 1.807) is 36.4 Å². The zero-order valence-electron chi connectivity index (χ0n) is 23.5. The van der Waals surface area contributed by atoms with Gasteiger partial charge in [-0.1, -0.05) is 6.07 Å². The first-order valence-corrected chi connectivity index (χ1v) is 13.5. The highest BCUT2D eigenvalue weighted by molar-refractivity contribution is 6.01. The third kappa shape index (κ3) is 7.05. The van der Waals surface area contributed by atoms with Gasteiger partial charge in [0.1, 0.15) is 23.0 Å². The molecule has 0 aliphatic carbocycles. The fraction of sp³-hybridized carbons (Fsp3) is 0.182. The van der Waals surface area contributed by atoms with E-state index in [9.17, 15) is 24.5 Å². The van der Waals surface area contributed by atoms with Gasteiger partial charge in [-0.15, -0.1) is 0 Å². The molecule has 0 aromatic heterocycles. The molecule has 1 saturated heterocycles. The van der Waals surface area contributed by atoms with Crippen molar-refractivity contribution < 1.29 is 33.5 Å². The molecule has 1 amide bonds. The average Bonchev–Trinajstić information content (AvgIpc) is 3.40. The molecule has 0 saturated carbocycles. The van der Waals surface area contributed by atoms with Crippen molar-refractivity contribution in [2.75, 3.05) is 18.1 Å². The Morgan fingerprint density at radius 2 is 1.37 bits per heavy atom. The Morgan fingerprint density at radius 3 is 1.98 bits per heavy atom. The van der Waals surface area contributed by atoms with Gasteiger partial charge < -0.3 is 19.1 Å². The summed E-state index contributed by atoms with van der Waals surface area (Å²) in [5, 5.41) is 10.8. The van der Waals surface area contributed by atoms with E-state index in [1.165, 1.54) is 46.9 Å². The first-order chi connectivity index (χ1) is 20.7. The number of anilines is 1. The highest BCUT2D eigenvalue weighted by atomic mass is 16.6. The molecule has 0 spiro atoms. The van der Waals surface area contributed by atoms with Gasteiger partial charge in [-0.05, 0) is 97.8 Å². The number of carbonyl (C=O) groups is 3. The molecule has 0 radical (unpaired) electrons. The summed E-state index contributed by atoms with van der Waals surface area (Å²) >= 11 is 0. The molecule has 0 N–H and O–H groups in total. The third-order valence-electron chi connectivity index (χ3n) is 7.13. The summed E-state index contributed by atoms with van der Waals surface area (Å²) in [4.78, 5) is 49.8. The van der Waals surface area contributed by atoms with Crippen LogP contribution in [-0.4, -0.2) is 35.7 Å². The summed E-state index contributed by atoms with van der Waals surface area (Å²) in [5.41, 5.74) is 3.21. The molecule has 0 bridgehead atoms. The van der Waals surface area contributed by atoms with Crippen LogP contribution < -0.4 is 14.4 Å². The van der Waals surface area contributed by atoms with Crippen LogP contribution in [0.15, 0.2) is 91.0 Å². The van der Waals surface area contributed by atoms with Crippen LogP contribution in [0, 0.1) is 29.9 Å². The van der Waals surface area contributed by atoms with Gasteiger partial charge in [-0.25, -0.2) is 0 Å². The van der Waals surface area contributed by atoms with Crippen LogP contribution >= 0.6 is 0 Å². The number of hydrogen-bond donors (Lipinski definition) is 0. The smallest absolute Gasteiger partial charge is 0.311 e. The monoisotopic (exact) mass is 580 g/mol. The molecule has 1 aliphatic rings. The van der Waals surface area contributed by atoms with Gasteiger partial charge in [0.2, 0.25) is 5.91 Å². The zero-order chi connectivity index (χ0) is 30.5. The summed E-state index contributed by atoms with van der Waals surface area (Å²) in [5.74, 6) is 0.255. The number of amides is 1. The van der Waals surface area contributed by atoms with E-state index < -0.39 is 29.2 Å². The van der Waals surface area contributed by atoms with Crippen LogP contribution in [0.2, 0.25) is 0 Å². The molecule has 1 aliphatic heterocycles. The number of benzene rings is 4. The van der Waals surface area contributed by atoms with E-state index in [-0.39, 0.29) is 24.6 Å². The fourth-order valence-electron chi connectivity index (χ4n) is 4.54. The molecule has 10 heteroatoms.